The van der Waals surface area contributed by atoms with Gasteiger partial charge in [0.25, 0.3) is 12.3 Å². The second-order valence-corrected chi connectivity index (χ2v) is 5.34. The van der Waals surface area contributed by atoms with Crippen LogP contribution in [0.2, 0.25) is 0 Å². The average molecular weight is 322 g/mol. The first-order valence-electron chi connectivity index (χ1n) is 7.37. The van der Waals surface area contributed by atoms with E-state index in [2.05, 4.69) is 15.3 Å². The second-order valence-electron chi connectivity index (χ2n) is 5.34. The molecule has 2 aromatic rings. The van der Waals surface area contributed by atoms with Crippen LogP contribution in [-0.2, 0) is 4.79 Å². The number of H-pyrrole nitrogens is 1. The summed E-state index contributed by atoms with van der Waals surface area (Å²) in [4.78, 5) is 32.2. The fraction of sp³-hybridized carbons (Fsp3) is 0.400. The van der Waals surface area contributed by atoms with Gasteiger partial charge >= 0.3 is 0 Å². The summed E-state index contributed by atoms with van der Waals surface area (Å²) in [5.74, 6) is -0.889. The highest BCUT2D eigenvalue weighted by molar-refractivity contribution is 6.00. The lowest BCUT2D eigenvalue weighted by atomic mass is 10.1. The van der Waals surface area contributed by atoms with Crippen LogP contribution >= 0.6 is 0 Å². The molecule has 122 valence electrons. The average Bonchev–Trinajstić information content (AvgIpc) is 3.14. The Kier molecular flexibility index (Phi) is 3.97. The number of fused-ring (bicyclic) bond motifs is 1. The Bertz CT molecular complexity index is 759. The normalized spacial score (nSPS) is 17.7. The molecular weight excluding hydrogens is 306 g/mol. The number of aromatic amines is 1. The maximum absolute atomic E-state index is 12.7. The Labute approximate surface area is 130 Å². The number of hydrogen-bond donors (Lipinski definition) is 2. The number of likely N-dealkylation sites (N-methyl/N-ethyl adjacent to an activating group) is 1. The quantitative estimate of drug-likeness (QED) is 0.902. The van der Waals surface area contributed by atoms with E-state index in [1.165, 1.54) is 23.1 Å². The Balaban J connectivity index is 1.91. The third-order valence-corrected chi connectivity index (χ3v) is 3.95. The van der Waals surface area contributed by atoms with Crippen molar-refractivity contribution in [1.29, 1.82) is 0 Å². The highest BCUT2D eigenvalue weighted by atomic mass is 19.3. The van der Waals surface area contributed by atoms with Gasteiger partial charge in [0.15, 0.2) is 5.82 Å². The van der Waals surface area contributed by atoms with Gasteiger partial charge in [-0.25, -0.2) is 13.8 Å². The Morgan fingerprint density at radius 3 is 2.87 bits per heavy atom. The largest absolute Gasteiger partial charge is 0.354 e. The third kappa shape index (κ3) is 2.76. The minimum absolute atomic E-state index is 0.164. The molecule has 0 radical (unpaired) electrons. The summed E-state index contributed by atoms with van der Waals surface area (Å²) >= 11 is 0. The molecule has 1 aliphatic rings. The molecule has 6 nitrogen and oxygen atoms in total. The van der Waals surface area contributed by atoms with Crippen LogP contribution < -0.4 is 5.32 Å². The molecule has 2 N–H and O–H groups in total. The lowest BCUT2D eigenvalue weighted by molar-refractivity contribution is -0.123. The molecule has 0 aliphatic carbocycles. The van der Waals surface area contributed by atoms with Gasteiger partial charge < -0.3 is 15.2 Å². The summed E-state index contributed by atoms with van der Waals surface area (Å²) in [7, 11) is 0. The molecule has 1 aromatic heterocycles. The summed E-state index contributed by atoms with van der Waals surface area (Å²) in [6.45, 7) is 2.73. The minimum atomic E-state index is -2.70. The van der Waals surface area contributed by atoms with Gasteiger partial charge in [0, 0.05) is 18.7 Å². The lowest BCUT2D eigenvalue weighted by Gasteiger charge is -2.25. The predicted molar refractivity (Wildman–Crippen MR) is 79.2 cm³/mol. The summed E-state index contributed by atoms with van der Waals surface area (Å²) < 4.78 is 25.4. The molecule has 2 amide bonds. The van der Waals surface area contributed by atoms with E-state index >= 15 is 0 Å². The molecule has 3 rings (SSSR count). The molecule has 1 atom stereocenters. The van der Waals surface area contributed by atoms with Gasteiger partial charge in [0.2, 0.25) is 5.91 Å². The first-order chi connectivity index (χ1) is 11.0. The molecule has 0 bridgehead atoms. The Morgan fingerprint density at radius 2 is 2.26 bits per heavy atom. The number of rotatable bonds is 4. The van der Waals surface area contributed by atoms with Crippen LogP contribution in [0.4, 0.5) is 8.78 Å². The van der Waals surface area contributed by atoms with Crippen molar-refractivity contribution in [2.24, 2.45) is 0 Å². The van der Waals surface area contributed by atoms with Crippen LogP contribution in [0, 0.1) is 0 Å². The van der Waals surface area contributed by atoms with E-state index in [1.807, 2.05) is 0 Å². The van der Waals surface area contributed by atoms with E-state index in [9.17, 15) is 18.4 Å². The van der Waals surface area contributed by atoms with Gasteiger partial charge in [-0.3, -0.25) is 9.59 Å². The zero-order chi connectivity index (χ0) is 16.6. The predicted octanol–water partition coefficient (Wildman–Crippen LogP) is 1.85. The molecule has 0 spiro atoms. The van der Waals surface area contributed by atoms with Crippen molar-refractivity contribution in [3.05, 3.63) is 29.6 Å². The van der Waals surface area contributed by atoms with E-state index in [0.717, 1.165) is 0 Å². The van der Waals surface area contributed by atoms with Crippen molar-refractivity contribution in [2.45, 2.75) is 25.8 Å². The van der Waals surface area contributed by atoms with Crippen molar-refractivity contribution < 1.29 is 18.4 Å². The molecule has 8 heteroatoms. The van der Waals surface area contributed by atoms with Gasteiger partial charge in [-0.15, -0.1) is 0 Å². The molecule has 1 saturated heterocycles. The maximum atomic E-state index is 12.7. The van der Waals surface area contributed by atoms with Crippen LogP contribution in [0.25, 0.3) is 11.0 Å². The van der Waals surface area contributed by atoms with E-state index in [4.69, 9.17) is 0 Å². The summed E-state index contributed by atoms with van der Waals surface area (Å²) in [5.41, 5.74) is 1.08. The van der Waals surface area contributed by atoms with E-state index < -0.39 is 18.3 Å². The van der Waals surface area contributed by atoms with Crippen LogP contribution in [0.3, 0.4) is 0 Å². The number of alkyl halides is 2. The number of aromatic nitrogens is 2. The van der Waals surface area contributed by atoms with E-state index in [1.54, 1.807) is 6.92 Å². The van der Waals surface area contributed by atoms with E-state index in [0.29, 0.717) is 36.1 Å². The van der Waals surface area contributed by atoms with Gasteiger partial charge in [0.1, 0.15) is 6.04 Å². The second kappa shape index (κ2) is 5.94. The topological polar surface area (TPSA) is 78.1 Å². The zero-order valence-electron chi connectivity index (χ0n) is 12.5. The Morgan fingerprint density at radius 1 is 1.48 bits per heavy atom. The van der Waals surface area contributed by atoms with Crippen LogP contribution in [-0.4, -0.2) is 45.8 Å². The molecular formula is C15H16F2N4O2. The zero-order valence-corrected chi connectivity index (χ0v) is 12.5. The number of benzene rings is 1. The van der Waals surface area contributed by atoms with E-state index in [-0.39, 0.29) is 11.8 Å². The number of nitrogens with zero attached hydrogens (tertiary/aromatic N) is 2. The van der Waals surface area contributed by atoms with Crippen molar-refractivity contribution >= 4 is 22.8 Å². The maximum Gasteiger partial charge on any atom is 0.295 e. The smallest absolute Gasteiger partial charge is 0.295 e. The standard InChI is InChI=1S/C15H16F2N4O2/c1-2-21(11-5-6-18-14(11)22)15(23)8-3-4-9-10(7-8)20-13(19-9)12(16)17/h3-4,7,11-12H,2,5-6H2,1H3,(H,18,22)(H,19,20). The van der Waals surface area contributed by atoms with Gasteiger partial charge in [-0.05, 0) is 31.5 Å². The third-order valence-electron chi connectivity index (χ3n) is 3.95. The molecule has 0 saturated carbocycles. The minimum Gasteiger partial charge on any atom is -0.354 e. The SMILES string of the molecule is CCN(C(=O)c1ccc2nc(C(F)F)[nH]c2c1)C1CCNC1=O. The van der Waals surface area contributed by atoms with Gasteiger partial charge in [-0.1, -0.05) is 0 Å². The highest BCUT2D eigenvalue weighted by Gasteiger charge is 2.32. The molecule has 1 aliphatic heterocycles. The van der Waals surface area contributed by atoms with Gasteiger partial charge in [-0.2, -0.15) is 0 Å². The van der Waals surface area contributed by atoms with Crippen LogP contribution in [0.15, 0.2) is 18.2 Å². The number of halogens is 2. The number of nitrogens with one attached hydrogen (secondary N) is 2. The van der Waals surface area contributed by atoms with Crippen molar-refractivity contribution in [3.8, 4) is 0 Å². The van der Waals surface area contributed by atoms with Crippen molar-refractivity contribution in [1.82, 2.24) is 20.2 Å². The van der Waals surface area contributed by atoms with Gasteiger partial charge in [0.05, 0.1) is 11.0 Å². The number of carbonyl (C=O) groups excluding carboxylic acids is 2. The Hall–Kier alpha value is -2.51. The summed E-state index contributed by atoms with van der Waals surface area (Å²) in [6, 6.07) is 4.07. The fourth-order valence-electron chi connectivity index (χ4n) is 2.82. The van der Waals surface area contributed by atoms with Crippen LogP contribution in [0.5, 0.6) is 0 Å². The number of hydrogen-bond acceptors (Lipinski definition) is 3. The number of carbonyl (C=O) groups is 2. The molecule has 23 heavy (non-hydrogen) atoms. The molecule has 1 aromatic carbocycles. The first-order valence-corrected chi connectivity index (χ1v) is 7.37. The summed E-state index contributed by atoms with van der Waals surface area (Å²) in [6.07, 6.45) is -2.13. The van der Waals surface area contributed by atoms with Crippen LogP contribution in [0.1, 0.15) is 36.0 Å². The van der Waals surface area contributed by atoms with Crippen molar-refractivity contribution in [3.63, 3.8) is 0 Å². The molecule has 1 fully saturated rings. The fourth-order valence-corrected chi connectivity index (χ4v) is 2.82. The highest BCUT2D eigenvalue weighted by Crippen LogP contribution is 2.22. The molecule has 2 heterocycles. The monoisotopic (exact) mass is 322 g/mol. The number of imidazole rings is 1. The summed E-state index contributed by atoms with van der Waals surface area (Å²) in [5, 5.41) is 2.70. The first kappa shape index (κ1) is 15.4. The van der Waals surface area contributed by atoms with Crippen molar-refractivity contribution in [2.75, 3.05) is 13.1 Å². The lowest BCUT2D eigenvalue weighted by Crippen LogP contribution is -2.44. The number of amides is 2. The molecule has 1 unspecified atom stereocenters.